The number of allylic oxidation sites excluding steroid dienone is 4. The summed E-state index contributed by atoms with van der Waals surface area (Å²) in [5, 5.41) is 7.00. The molecule has 0 fully saturated rings. The number of rotatable bonds is 0. The van der Waals surface area contributed by atoms with Crippen LogP contribution in [0.3, 0.4) is 0 Å². The molecule has 121 valence electrons. The van der Waals surface area contributed by atoms with E-state index in [-0.39, 0.29) is 29.8 Å². The summed E-state index contributed by atoms with van der Waals surface area (Å²) >= 11 is 0. The molecule has 0 bridgehead atoms. The van der Waals surface area contributed by atoms with Gasteiger partial charge < -0.3 is 26.9 Å². The fourth-order valence-corrected chi connectivity index (χ4v) is 0.393. The number of hydrogen-bond donors (Lipinski definition) is 1. The maximum atomic E-state index is 7.75. The second-order valence-electron chi connectivity index (χ2n) is 4.09. The van der Waals surface area contributed by atoms with E-state index in [9.17, 15) is 0 Å². The van der Waals surface area contributed by atoms with E-state index in [0.29, 0.717) is 0 Å². The molecule has 0 aromatic heterocycles. The molecule has 0 spiro atoms. The molecular formula is C14H28O4SiTa-4. The normalized spacial score (nSPS) is 8.30. The van der Waals surface area contributed by atoms with Crippen molar-refractivity contribution >= 4 is 28.4 Å². The molecule has 0 aliphatic heterocycles. The number of hydrogen-bond acceptors (Lipinski definition) is 4. The first-order chi connectivity index (χ1) is 8.50. The van der Waals surface area contributed by atoms with E-state index in [4.69, 9.17) is 19.5 Å². The molecule has 1 rings (SSSR count). The summed E-state index contributed by atoms with van der Waals surface area (Å²) in [6, 6.07) is 0. The van der Waals surface area contributed by atoms with Crippen LogP contribution in [0.4, 0.5) is 0 Å². The van der Waals surface area contributed by atoms with Crippen LogP contribution in [-0.4, -0.2) is 40.7 Å². The molecule has 0 amide bonds. The van der Waals surface area contributed by atoms with Crippen molar-refractivity contribution < 1.29 is 41.9 Å². The Morgan fingerprint density at radius 3 is 1.00 bits per heavy atom. The zero-order chi connectivity index (χ0) is 16.0. The Bertz CT molecular complexity index is 160. The van der Waals surface area contributed by atoms with Crippen molar-refractivity contribution in [2.24, 2.45) is 0 Å². The van der Waals surface area contributed by atoms with E-state index in [1.54, 1.807) is 0 Å². The Morgan fingerprint density at radius 2 is 0.950 bits per heavy atom. The molecule has 1 radical (unpaired) electrons. The molecule has 1 N–H and O–H groups in total. The summed E-state index contributed by atoms with van der Waals surface area (Å²) in [5.74, 6) is 0. The first-order valence-electron chi connectivity index (χ1n) is 4.97. The minimum absolute atomic E-state index is 0. The zero-order valence-corrected chi connectivity index (χ0v) is 17.6. The van der Waals surface area contributed by atoms with Crippen LogP contribution >= 0.6 is 0 Å². The molecule has 4 nitrogen and oxygen atoms in total. The number of carbonyl (C=O) groups excluding carboxylic acids is 3. The first-order valence-corrected chi connectivity index (χ1v) is 8.97. The third kappa shape index (κ3) is 241. The maximum absolute atomic E-state index is 7.75. The molecule has 1 aliphatic rings. The molecule has 0 aromatic rings. The predicted molar refractivity (Wildman–Crippen MR) is 86.9 cm³/mol. The standard InChI is InChI=1S/C5H6.C4H12Si.CH4O.3CHO.CH3.Ta/c1-2-4-5-3-1;1-5(2,3)4;4*1-2;;/h1-4H,5H2;1-4H3;2H,1H3;3*1H;1H3;/q;;;4*-1;. The van der Waals surface area contributed by atoms with Gasteiger partial charge in [-0.1, -0.05) is 50.5 Å². The number of aliphatic hydroxyl groups excluding tert-OH is 1. The molecule has 0 atom stereocenters. The van der Waals surface area contributed by atoms with E-state index in [1.807, 2.05) is 0 Å². The van der Waals surface area contributed by atoms with Gasteiger partial charge in [0.25, 0.3) is 0 Å². The molecule has 0 aromatic carbocycles. The van der Waals surface area contributed by atoms with Crippen molar-refractivity contribution in [2.45, 2.75) is 32.6 Å². The van der Waals surface area contributed by atoms with Gasteiger partial charge in [-0.3, -0.25) is 20.4 Å². The molecule has 1 aliphatic carbocycles. The van der Waals surface area contributed by atoms with E-state index in [1.165, 1.54) is 0 Å². The summed E-state index contributed by atoms with van der Waals surface area (Å²) in [6.45, 7) is 19.1. The molecule has 6 heteroatoms. The summed E-state index contributed by atoms with van der Waals surface area (Å²) in [4.78, 5) is 23.2. The monoisotopic (exact) mass is 469 g/mol. The first kappa shape index (κ1) is 42.7. The fraction of sp³-hybridized carbons (Fsp3) is 0.429. The Labute approximate surface area is 141 Å². The largest absolute Gasteiger partial charge is 0.545 e. The fourth-order valence-electron chi connectivity index (χ4n) is 0.393. The van der Waals surface area contributed by atoms with Crippen molar-refractivity contribution in [2.75, 3.05) is 7.11 Å². The van der Waals surface area contributed by atoms with Crippen LogP contribution in [0.2, 0.25) is 26.2 Å². The van der Waals surface area contributed by atoms with Crippen molar-refractivity contribution in [3.05, 3.63) is 31.7 Å². The molecule has 0 heterocycles. The van der Waals surface area contributed by atoms with Gasteiger partial charge in [-0.25, -0.2) is 0 Å². The van der Waals surface area contributed by atoms with E-state index in [0.717, 1.165) is 13.5 Å². The van der Waals surface area contributed by atoms with Crippen LogP contribution in [0.15, 0.2) is 24.3 Å². The topological polar surface area (TPSA) is 71.4 Å². The van der Waals surface area contributed by atoms with Crippen molar-refractivity contribution in [3.8, 4) is 0 Å². The predicted octanol–water partition coefficient (Wildman–Crippen LogP) is 2.69. The number of aliphatic hydroxyl groups is 1. The van der Waals surface area contributed by atoms with Crippen LogP contribution in [0.1, 0.15) is 6.42 Å². The van der Waals surface area contributed by atoms with Crippen LogP contribution in [-0.2, 0) is 36.8 Å². The minimum atomic E-state index is -0.611. The van der Waals surface area contributed by atoms with Crippen LogP contribution in [0.5, 0.6) is 0 Å². The second kappa shape index (κ2) is 51.5. The Kier molecular flexibility index (Phi) is 110. The van der Waals surface area contributed by atoms with E-state index < -0.39 is 8.07 Å². The summed E-state index contributed by atoms with van der Waals surface area (Å²) in [5.41, 5.74) is 0. The van der Waals surface area contributed by atoms with Gasteiger partial charge in [-0.05, 0) is 6.42 Å². The Balaban J connectivity index is -0.0000000214. The molecule has 0 saturated carbocycles. The van der Waals surface area contributed by atoms with Crippen molar-refractivity contribution in [1.82, 2.24) is 0 Å². The quantitative estimate of drug-likeness (QED) is 0.337. The van der Waals surface area contributed by atoms with Crippen LogP contribution in [0, 0.1) is 7.43 Å². The van der Waals surface area contributed by atoms with Crippen molar-refractivity contribution in [3.63, 3.8) is 0 Å². The molecule has 20 heavy (non-hydrogen) atoms. The Morgan fingerprint density at radius 1 is 0.800 bits per heavy atom. The average Bonchev–Trinajstić information content (AvgIpc) is 2.95. The summed E-state index contributed by atoms with van der Waals surface area (Å²) in [6.07, 6.45) is 9.50. The summed E-state index contributed by atoms with van der Waals surface area (Å²) in [7, 11) is 0.389. The summed E-state index contributed by atoms with van der Waals surface area (Å²) < 4.78 is 0. The third-order valence-electron chi connectivity index (χ3n) is 0.655. The molecule has 0 saturated heterocycles. The van der Waals surface area contributed by atoms with Gasteiger partial charge in [0.1, 0.15) is 0 Å². The zero-order valence-electron chi connectivity index (χ0n) is 13.4. The maximum Gasteiger partial charge on any atom is 0.0411 e. The van der Waals surface area contributed by atoms with Gasteiger partial charge in [0.2, 0.25) is 0 Å². The van der Waals surface area contributed by atoms with Gasteiger partial charge in [-0.2, -0.15) is 0 Å². The third-order valence-corrected chi connectivity index (χ3v) is 0.655. The smallest absolute Gasteiger partial charge is 0.0411 e. The van der Waals surface area contributed by atoms with E-state index in [2.05, 4.69) is 70.9 Å². The van der Waals surface area contributed by atoms with E-state index >= 15 is 0 Å². The van der Waals surface area contributed by atoms with Gasteiger partial charge in [-0.15, -0.1) is 0 Å². The van der Waals surface area contributed by atoms with Gasteiger partial charge >= 0.3 is 0 Å². The van der Waals surface area contributed by atoms with Gasteiger partial charge in [0.15, 0.2) is 0 Å². The molecular weight excluding hydrogens is 441 g/mol. The SMILES string of the molecule is C1=CCC=C1.CO.C[Si](C)(C)C.[CH-]=O.[CH-]=O.[CH-]=O.[CH3-].[Ta]. The Hall–Kier alpha value is -0.593. The van der Waals surface area contributed by atoms with Gasteiger partial charge in [0.05, 0.1) is 0 Å². The van der Waals surface area contributed by atoms with Crippen LogP contribution in [0.25, 0.3) is 0 Å². The average molecular weight is 469 g/mol. The van der Waals surface area contributed by atoms with Crippen molar-refractivity contribution in [1.29, 1.82) is 0 Å². The second-order valence-corrected chi connectivity index (χ2v) is 10.1. The van der Waals surface area contributed by atoms with Gasteiger partial charge in [0, 0.05) is 37.6 Å². The minimum Gasteiger partial charge on any atom is -0.545 e. The molecule has 0 unspecified atom stereocenters. The van der Waals surface area contributed by atoms with Crippen LogP contribution < -0.4 is 0 Å².